The number of carbonyl (C=O) groups excluding carboxylic acids is 2. The van der Waals surface area contributed by atoms with E-state index in [9.17, 15) is 14.0 Å². The molecule has 0 spiro atoms. The van der Waals surface area contributed by atoms with Gasteiger partial charge in [-0.2, -0.15) is 0 Å². The first-order chi connectivity index (χ1) is 12.6. The molecule has 130 valence electrons. The topological polar surface area (TPSA) is 62.3 Å². The van der Waals surface area contributed by atoms with Crippen LogP contribution in [0.5, 0.6) is 0 Å². The fourth-order valence-corrected chi connectivity index (χ4v) is 3.23. The lowest BCUT2D eigenvalue weighted by Gasteiger charge is -2.17. The number of halogens is 1. The van der Waals surface area contributed by atoms with Crippen LogP contribution in [-0.2, 0) is 9.59 Å². The van der Waals surface area contributed by atoms with E-state index in [1.807, 2.05) is 18.2 Å². The van der Waals surface area contributed by atoms with Crippen LogP contribution in [0.2, 0.25) is 0 Å². The summed E-state index contributed by atoms with van der Waals surface area (Å²) >= 11 is 0. The zero-order chi connectivity index (χ0) is 18.1. The van der Waals surface area contributed by atoms with Gasteiger partial charge in [0, 0.05) is 24.5 Å². The molecule has 0 aliphatic carbocycles. The number of hydrogen-bond donors (Lipinski definition) is 1. The van der Waals surface area contributed by atoms with Gasteiger partial charge in [0.25, 0.3) is 0 Å². The van der Waals surface area contributed by atoms with Crippen LogP contribution in [0.15, 0.2) is 60.8 Å². The standard InChI is InChI=1S/C20H16FN3O2/c21-15-6-1-2-9-18(15)24-12-13(11-19(24)25)20(26)23-17-8-3-7-16-14(17)5-4-10-22-16/h1-10,13H,11-12H2,(H,23,26)/t13-/m0/s1. The highest BCUT2D eigenvalue weighted by molar-refractivity contribution is 6.06. The van der Waals surface area contributed by atoms with Crippen LogP contribution in [0.3, 0.4) is 0 Å². The molecule has 6 heteroatoms. The molecule has 1 saturated heterocycles. The van der Waals surface area contributed by atoms with Crippen molar-refractivity contribution < 1.29 is 14.0 Å². The van der Waals surface area contributed by atoms with Crippen molar-refractivity contribution in [1.29, 1.82) is 0 Å². The van der Waals surface area contributed by atoms with Crippen LogP contribution < -0.4 is 10.2 Å². The molecule has 4 rings (SSSR count). The summed E-state index contributed by atoms with van der Waals surface area (Å²) in [7, 11) is 0. The first kappa shape index (κ1) is 16.2. The van der Waals surface area contributed by atoms with Gasteiger partial charge in [-0.15, -0.1) is 0 Å². The fourth-order valence-electron chi connectivity index (χ4n) is 3.23. The summed E-state index contributed by atoms with van der Waals surface area (Å²) in [5.41, 5.74) is 1.64. The van der Waals surface area contributed by atoms with Gasteiger partial charge in [-0.1, -0.05) is 18.2 Å². The van der Waals surface area contributed by atoms with Crippen molar-refractivity contribution in [2.24, 2.45) is 5.92 Å². The van der Waals surface area contributed by atoms with Crippen LogP contribution >= 0.6 is 0 Å². The molecular weight excluding hydrogens is 333 g/mol. The molecule has 0 radical (unpaired) electrons. The number of pyridine rings is 1. The third kappa shape index (κ3) is 2.90. The minimum atomic E-state index is -0.533. The molecule has 2 aromatic carbocycles. The van der Waals surface area contributed by atoms with Gasteiger partial charge < -0.3 is 10.2 Å². The van der Waals surface area contributed by atoms with Gasteiger partial charge in [0.2, 0.25) is 11.8 Å². The van der Waals surface area contributed by atoms with E-state index >= 15 is 0 Å². The maximum absolute atomic E-state index is 14.0. The normalized spacial score (nSPS) is 16.9. The Labute approximate surface area is 149 Å². The van der Waals surface area contributed by atoms with Gasteiger partial charge in [0.05, 0.1) is 22.8 Å². The summed E-state index contributed by atoms with van der Waals surface area (Å²) < 4.78 is 14.0. The van der Waals surface area contributed by atoms with E-state index in [1.54, 1.807) is 36.5 Å². The van der Waals surface area contributed by atoms with E-state index in [-0.39, 0.29) is 30.5 Å². The van der Waals surface area contributed by atoms with E-state index in [2.05, 4.69) is 10.3 Å². The number of nitrogens with one attached hydrogen (secondary N) is 1. The van der Waals surface area contributed by atoms with Crippen molar-refractivity contribution in [3.8, 4) is 0 Å². The summed E-state index contributed by atoms with van der Waals surface area (Å²) in [5, 5.41) is 3.71. The van der Waals surface area contributed by atoms with E-state index in [0.717, 1.165) is 10.9 Å². The minimum Gasteiger partial charge on any atom is -0.325 e. The number of fused-ring (bicyclic) bond motifs is 1. The highest BCUT2D eigenvalue weighted by Crippen LogP contribution is 2.29. The Bertz CT molecular complexity index is 1000. The van der Waals surface area contributed by atoms with Gasteiger partial charge >= 0.3 is 0 Å². The monoisotopic (exact) mass is 349 g/mol. The van der Waals surface area contributed by atoms with Crippen LogP contribution in [0.4, 0.5) is 15.8 Å². The van der Waals surface area contributed by atoms with E-state index < -0.39 is 11.7 Å². The van der Waals surface area contributed by atoms with Crippen molar-refractivity contribution in [2.45, 2.75) is 6.42 Å². The highest BCUT2D eigenvalue weighted by atomic mass is 19.1. The average Bonchev–Trinajstić information content (AvgIpc) is 3.04. The molecule has 1 atom stereocenters. The Morgan fingerprint density at radius 1 is 1.12 bits per heavy atom. The molecule has 26 heavy (non-hydrogen) atoms. The summed E-state index contributed by atoms with van der Waals surface area (Å²) in [6.07, 6.45) is 1.75. The number of hydrogen-bond acceptors (Lipinski definition) is 3. The molecular formula is C20H16FN3O2. The molecule has 0 saturated carbocycles. The van der Waals surface area contributed by atoms with Gasteiger partial charge in [-0.3, -0.25) is 14.6 Å². The Balaban J connectivity index is 1.54. The smallest absolute Gasteiger partial charge is 0.229 e. The number of carbonyl (C=O) groups is 2. The van der Waals surface area contributed by atoms with Gasteiger partial charge in [-0.25, -0.2) is 4.39 Å². The van der Waals surface area contributed by atoms with Crippen LogP contribution in [0.25, 0.3) is 10.9 Å². The van der Waals surface area contributed by atoms with Crippen LogP contribution in [0, 0.1) is 11.7 Å². The molecule has 1 aliphatic rings. The van der Waals surface area contributed by atoms with Crippen molar-refractivity contribution in [2.75, 3.05) is 16.8 Å². The number of benzene rings is 2. The molecule has 5 nitrogen and oxygen atoms in total. The Kier molecular flexibility index (Phi) is 4.08. The third-order valence-corrected chi connectivity index (χ3v) is 4.54. The van der Waals surface area contributed by atoms with Crippen molar-refractivity contribution >= 4 is 34.1 Å². The summed E-state index contributed by atoms with van der Waals surface area (Å²) in [4.78, 5) is 30.5. The van der Waals surface area contributed by atoms with Crippen molar-refractivity contribution in [1.82, 2.24) is 4.98 Å². The SMILES string of the molecule is O=C(Nc1cccc2ncccc12)[C@H]1CC(=O)N(c2ccccc2F)C1. The third-order valence-electron chi connectivity index (χ3n) is 4.54. The summed E-state index contributed by atoms with van der Waals surface area (Å²) in [5.74, 6) is -1.51. The molecule has 2 amide bonds. The van der Waals surface area contributed by atoms with E-state index in [4.69, 9.17) is 0 Å². The number of rotatable bonds is 3. The maximum Gasteiger partial charge on any atom is 0.229 e. The molecule has 0 unspecified atom stereocenters. The lowest BCUT2D eigenvalue weighted by atomic mass is 10.1. The van der Waals surface area contributed by atoms with Gasteiger partial charge in [0.15, 0.2) is 0 Å². The van der Waals surface area contributed by atoms with Crippen LogP contribution in [0.1, 0.15) is 6.42 Å². The minimum absolute atomic E-state index is 0.0587. The molecule has 1 fully saturated rings. The van der Waals surface area contributed by atoms with Gasteiger partial charge in [0.1, 0.15) is 5.82 Å². The number of anilines is 2. The first-order valence-electron chi connectivity index (χ1n) is 8.33. The quantitative estimate of drug-likeness (QED) is 0.789. The molecule has 2 heterocycles. The van der Waals surface area contributed by atoms with Crippen molar-refractivity contribution in [3.63, 3.8) is 0 Å². The average molecular weight is 349 g/mol. The predicted octanol–water partition coefficient (Wildman–Crippen LogP) is 3.37. The lowest BCUT2D eigenvalue weighted by Crippen LogP contribution is -2.28. The highest BCUT2D eigenvalue weighted by Gasteiger charge is 2.36. The lowest BCUT2D eigenvalue weighted by molar-refractivity contribution is -0.122. The summed E-state index contributed by atoms with van der Waals surface area (Å²) in [6.45, 7) is 0.161. The molecule has 3 aromatic rings. The van der Waals surface area contributed by atoms with Gasteiger partial charge in [-0.05, 0) is 36.4 Å². The predicted molar refractivity (Wildman–Crippen MR) is 97.2 cm³/mol. The molecule has 0 bridgehead atoms. The number of aromatic nitrogens is 1. The molecule has 1 aromatic heterocycles. The second-order valence-corrected chi connectivity index (χ2v) is 6.22. The zero-order valence-corrected chi connectivity index (χ0v) is 13.9. The Morgan fingerprint density at radius 3 is 2.81 bits per heavy atom. The largest absolute Gasteiger partial charge is 0.325 e. The van der Waals surface area contributed by atoms with E-state index in [0.29, 0.717) is 5.69 Å². The van der Waals surface area contributed by atoms with Crippen LogP contribution in [-0.4, -0.2) is 23.3 Å². The Hall–Kier alpha value is -3.28. The number of nitrogens with zero attached hydrogens (tertiary/aromatic N) is 2. The molecule has 1 N–H and O–H groups in total. The Morgan fingerprint density at radius 2 is 1.96 bits per heavy atom. The van der Waals surface area contributed by atoms with E-state index in [1.165, 1.54) is 11.0 Å². The maximum atomic E-state index is 14.0. The second kappa shape index (κ2) is 6.55. The molecule has 1 aliphatic heterocycles. The first-order valence-corrected chi connectivity index (χ1v) is 8.33. The second-order valence-electron chi connectivity index (χ2n) is 6.22. The number of para-hydroxylation sites is 1. The fraction of sp³-hybridized carbons (Fsp3) is 0.150. The number of amides is 2. The zero-order valence-electron chi connectivity index (χ0n) is 13.9. The van der Waals surface area contributed by atoms with Crippen molar-refractivity contribution in [3.05, 3.63) is 66.6 Å². The summed E-state index contributed by atoms with van der Waals surface area (Å²) in [6, 6.07) is 15.2.